The van der Waals surface area contributed by atoms with Crippen molar-refractivity contribution in [1.29, 1.82) is 0 Å². The molecule has 3 nitrogen and oxygen atoms in total. The van der Waals surface area contributed by atoms with Crippen LogP contribution in [0.5, 0.6) is 0 Å². The van der Waals surface area contributed by atoms with Gasteiger partial charge in [-0.3, -0.25) is 9.78 Å². The molecule has 1 spiro atoms. The minimum Gasteiger partial charge on any atom is -0.396 e. The van der Waals surface area contributed by atoms with E-state index in [9.17, 15) is 4.79 Å². The first-order chi connectivity index (χ1) is 15.6. The zero-order valence-corrected chi connectivity index (χ0v) is 18.8. The molecule has 2 aromatic carbocycles. The predicted molar refractivity (Wildman–Crippen MR) is 128 cm³/mol. The summed E-state index contributed by atoms with van der Waals surface area (Å²) in [5, 5.41) is 9.07. The molecule has 1 saturated carbocycles. The summed E-state index contributed by atoms with van der Waals surface area (Å²) in [5.74, 6) is 0.367. The van der Waals surface area contributed by atoms with Crippen LogP contribution in [-0.4, -0.2) is 22.5 Å². The number of aryl methyl sites for hydroxylation is 1. The first-order valence-electron chi connectivity index (χ1n) is 12.0. The average molecular weight is 426 g/mol. The Labute approximate surface area is 190 Å². The highest BCUT2D eigenvalue weighted by molar-refractivity contribution is 5.96. The van der Waals surface area contributed by atoms with Crippen LogP contribution in [0.3, 0.4) is 0 Å². The molecule has 164 valence electrons. The second-order valence-electron chi connectivity index (χ2n) is 9.51. The van der Waals surface area contributed by atoms with E-state index in [1.807, 2.05) is 12.3 Å². The Morgan fingerprint density at radius 3 is 2.69 bits per heavy atom. The summed E-state index contributed by atoms with van der Waals surface area (Å²) in [6, 6.07) is 19.4. The van der Waals surface area contributed by atoms with Crippen molar-refractivity contribution in [2.75, 3.05) is 6.61 Å². The SMILES string of the molecule is CCCc1cccc(-c2ccc(C3CC4(CC4)c4ccc(C(=O)CCCO)cc43)nc2)c1. The van der Waals surface area contributed by atoms with Gasteiger partial charge in [-0.1, -0.05) is 55.8 Å². The Hall–Kier alpha value is -2.78. The summed E-state index contributed by atoms with van der Waals surface area (Å²) in [4.78, 5) is 17.5. The van der Waals surface area contributed by atoms with E-state index >= 15 is 0 Å². The summed E-state index contributed by atoms with van der Waals surface area (Å²) < 4.78 is 0. The number of rotatable bonds is 8. The molecule has 3 aromatic rings. The van der Waals surface area contributed by atoms with E-state index < -0.39 is 0 Å². The largest absolute Gasteiger partial charge is 0.396 e. The molecule has 0 saturated heterocycles. The Kier molecular flexibility index (Phi) is 5.69. The van der Waals surface area contributed by atoms with Gasteiger partial charge in [0.15, 0.2) is 5.78 Å². The van der Waals surface area contributed by atoms with Crippen LogP contribution in [0.25, 0.3) is 11.1 Å². The molecule has 3 heteroatoms. The number of aliphatic hydroxyl groups excluding tert-OH is 1. The number of carbonyl (C=O) groups is 1. The van der Waals surface area contributed by atoms with E-state index in [-0.39, 0.29) is 18.3 Å². The van der Waals surface area contributed by atoms with Crippen molar-refractivity contribution < 1.29 is 9.90 Å². The van der Waals surface area contributed by atoms with Crippen LogP contribution < -0.4 is 0 Å². The molecule has 1 N–H and O–H groups in total. The van der Waals surface area contributed by atoms with Crippen molar-refractivity contribution in [3.63, 3.8) is 0 Å². The highest BCUT2D eigenvalue weighted by Gasteiger charge is 2.52. The lowest BCUT2D eigenvalue weighted by atomic mass is 9.93. The normalized spacial score (nSPS) is 18.0. The average Bonchev–Trinajstić information content (AvgIpc) is 3.54. The summed E-state index contributed by atoms with van der Waals surface area (Å²) in [5.41, 5.74) is 8.60. The molecule has 1 heterocycles. The van der Waals surface area contributed by atoms with Gasteiger partial charge in [0.1, 0.15) is 0 Å². The first-order valence-corrected chi connectivity index (χ1v) is 12.0. The van der Waals surface area contributed by atoms with E-state index in [1.54, 1.807) is 0 Å². The maximum Gasteiger partial charge on any atom is 0.162 e. The second kappa shape index (κ2) is 8.63. The quantitative estimate of drug-likeness (QED) is 0.436. The van der Waals surface area contributed by atoms with Crippen LogP contribution in [0.2, 0.25) is 0 Å². The van der Waals surface area contributed by atoms with Gasteiger partial charge in [-0.15, -0.1) is 0 Å². The van der Waals surface area contributed by atoms with Gasteiger partial charge in [-0.05, 0) is 71.9 Å². The van der Waals surface area contributed by atoms with Crippen LogP contribution in [0.4, 0.5) is 0 Å². The van der Waals surface area contributed by atoms with Gasteiger partial charge in [-0.2, -0.15) is 0 Å². The summed E-state index contributed by atoms with van der Waals surface area (Å²) in [6.07, 6.45) is 8.73. The van der Waals surface area contributed by atoms with E-state index in [1.165, 1.54) is 35.1 Å². The van der Waals surface area contributed by atoms with Crippen molar-refractivity contribution in [2.45, 2.75) is 63.2 Å². The summed E-state index contributed by atoms with van der Waals surface area (Å²) >= 11 is 0. The highest BCUT2D eigenvalue weighted by atomic mass is 16.3. The molecule has 0 amide bonds. The van der Waals surface area contributed by atoms with Gasteiger partial charge in [0, 0.05) is 42.0 Å². The van der Waals surface area contributed by atoms with Gasteiger partial charge < -0.3 is 5.11 Å². The zero-order valence-electron chi connectivity index (χ0n) is 18.8. The highest BCUT2D eigenvalue weighted by Crippen LogP contribution is 2.61. The molecule has 0 radical (unpaired) electrons. The third-order valence-corrected chi connectivity index (χ3v) is 7.27. The van der Waals surface area contributed by atoms with Crippen molar-refractivity contribution in [3.8, 4) is 11.1 Å². The number of aromatic nitrogens is 1. The van der Waals surface area contributed by atoms with Crippen molar-refractivity contribution in [1.82, 2.24) is 4.98 Å². The lowest BCUT2D eigenvalue weighted by Gasteiger charge is -2.13. The molecule has 1 aromatic heterocycles. The Balaban J connectivity index is 1.44. The Bertz CT molecular complexity index is 1130. The standard InChI is InChI=1S/C29H31NO2/c1-2-5-20-6-3-7-21(16-20)23-10-12-27(30-19-23)25-18-29(13-14-29)26-11-9-22(17-24(25)26)28(32)8-4-15-31/h3,6-7,9-12,16-17,19,25,31H,2,4-5,8,13-15,18H2,1H3. The summed E-state index contributed by atoms with van der Waals surface area (Å²) in [7, 11) is 0. The van der Waals surface area contributed by atoms with E-state index in [2.05, 4.69) is 55.5 Å². The maximum absolute atomic E-state index is 12.6. The van der Waals surface area contributed by atoms with Crippen LogP contribution in [0, 0.1) is 0 Å². The zero-order chi connectivity index (χ0) is 22.1. The third-order valence-electron chi connectivity index (χ3n) is 7.27. The molecule has 2 aliphatic carbocycles. The number of carbonyl (C=O) groups excluding carboxylic acids is 1. The predicted octanol–water partition coefficient (Wildman–Crippen LogP) is 6.22. The van der Waals surface area contributed by atoms with E-state index in [4.69, 9.17) is 10.1 Å². The van der Waals surface area contributed by atoms with Crippen molar-refractivity contribution in [2.24, 2.45) is 0 Å². The molecule has 0 aliphatic heterocycles. The molecule has 2 aliphatic rings. The molecule has 1 atom stereocenters. The lowest BCUT2D eigenvalue weighted by Crippen LogP contribution is -2.04. The first kappa shape index (κ1) is 21.1. The number of hydrogen-bond acceptors (Lipinski definition) is 3. The monoisotopic (exact) mass is 425 g/mol. The molecule has 1 fully saturated rings. The topological polar surface area (TPSA) is 50.2 Å². The number of pyridine rings is 1. The number of nitrogens with zero attached hydrogens (tertiary/aromatic N) is 1. The van der Waals surface area contributed by atoms with Crippen LogP contribution in [0.1, 0.15) is 84.1 Å². The van der Waals surface area contributed by atoms with Crippen molar-refractivity contribution >= 4 is 5.78 Å². The summed E-state index contributed by atoms with van der Waals surface area (Å²) in [6.45, 7) is 2.26. The number of Topliss-reactive ketones (excluding diaryl/α,β-unsaturated/α-hetero) is 1. The Morgan fingerprint density at radius 2 is 1.97 bits per heavy atom. The second-order valence-corrected chi connectivity index (χ2v) is 9.51. The molecule has 5 rings (SSSR count). The van der Waals surface area contributed by atoms with Gasteiger partial charge in [0.2, 0.25) is 0 Å². The fraction of sp³-hybridized carbons (Fsp3) is 0.379. The minimum atomic E-state index is 0.0556. The van der Waals surface area contributed by atoms with Gasteiger partial charge >= 0.3 is 0 Å². The number of fused-ring (bicyclic) bond motifs is 2. The fourth-order valence-corrected chi connectivity index (χ4v) is 5.37. The van der Waals surface area contributed by atoms with Gasteiger partial charge in [0.25, 0.3) is 0 Å². The molecule has 0 bridgehead atoms. The van der Waals surface area contributed by atoms with E-state index in [0.717, 1.165) is 36.1 Å². The maximum atomic E-state index is 12.6. The van der Waals surface area contributed by atoms with E-state index in [0.29, 0.717) is 18.3 Å². The lowest BCUT2D eigenvalue weighted by molar-refractivity contribution is 0.0971. The molecule has 1 unspecified atom stereocenters. The third kappa shape index (κ3) is 3.91. The number of aliphatic hydroxyl groups is 1. The van der Waals surface area contributed by atoms with Crippen molar-refractivity contribution in [3.05, 3.63) is 88.7 Å². The van der Waals surface area contributed by atoms with Gasteiger partial charge in [0.05, 0.1) is 0 Å². The molecule has 32 heavy (non-hydrogen) atoms. The fourth-order valence-electron chi connectivity index (χ4n) is 5.37. The van der Waals surface area contributed by atoms with Crippen LogP contribution in [0.15, 0.2) is 60.8 Å². The Morgan fingerprint density at radius 1 is 1.09 bits per heavy atom. The molecular weight excluding hydrogens is 394 g/mol. The number of hydrogen-bond donors (Lipinski definition) is 1. The van der Waals surface area contributed by atoms with Crippen LogP contribution in [-0.2, 0) is 11.8 Å². The minimum absolute atomic E-state index is 0.0556. The number of ketones is 1. The van der Waals surface area contributed by atoms with Gasteiger partial charge in [-0.25, -0.2) is 0 Å². The molecular formula is C29H31NO2. The van der Waals surface area contributed by atoms with Crippen LogP contribution >= 0.6 is 0 Å². The smallest absolute Gasteiger partial charge is 0.162 e. The number of benzene rings is 2.